The molecule has 0 radical (unpaired) electrons. The Bertz CT molecular complexity index is 1260. The van der Waals surface area contributed by atoms with E-state index in [4.69, 9.17) is 21.1 Å². The van der Waals surface area contributed by atoms with Gasteiger partial charge in [0.15, 0.2) is 0 Å². The van der Waals surface area contributed by atoms with Gasteiger partial charge >= 0.3 is 0 Å². The van der Waals surface area contributed by atoms with Gasteiger partial charge in [0.2, 0.25) is 5.91 Å². The SMILES string of the molecule is O=C(NC(COCc1ccccc1)C(=O)Nc1ccc(Oc2ccccc2)cc1)c1ccc(Cl)cc1. The van der Waals surface area contributed by atoms with E-state index in [0.717, 1.165) is 11.3 Å². The number of hydrogen-bond donors (Lipinski definition) is 2. The van der Waals surface area contributed by atoms with Gasteiger partial charge in [-0.3, -0.25) is 9.59 Å². The van der Waals surface area contributed by atoms with Crippen LogP contribution < -0.4 is 15.4 Å². The minimum absolute atomic E-state index is 0.00470. The Morgan fingerprint density at radius 1 is 0.750 bits per heavy atom. The Kier molecular flexibility index (Phi) is 8.70. The van der Waals surface area contributed by atoms with Crippen molar-refractivity contribution in [1.29, 1.82) is 0 Å². The van der Waals surface area contributed by atoms with Crippen molar-refractivity contribution in [3.8, 4) is 11.5 Å². The molecule has 0 aromatic heterocycles. The molecule has 0 saturated heterocycles. The zero-order valence-corrected chi connectivity index (χ0v) is 20.2. The first kappa shape index (κ1) is 25.0. The topological polar surface area (TPSA) is 76.7 Å². The monoisotopic (exact) mass is 500 g/mol. The summed E-state index contributed by atoms with van der Waals surface area (Å²) in [7, 11) is 0. The summed E-state index contributed by atoms with van der Waals surface area (Å²) in [5.41, 5.74) is 1.92. The third-order valence-corrected chi connectivity index (χ3v) is 5.48. The van der Waals surface area contributed by atoms with Crippen molar-refractivity contribution in [3.63, 3.8) is 0 Å². The van der Waals surface area contributed by atoms with Crippen molar-refractivity contribution in [1.82, 2.24) is 5.32 Å². The highest BCUT2D eigenvalue weighted by Gasteiger charge is 2.22. The van der Waals surface area contributed by atoms with Crippen molar-refractivity contribution in [3.05, 3.63) is 125 Å². The van der Waals surface area contributed by atoms with Crippen molar-refractivity contribution in [2.75, 3.05) is 11.9 Å². The lowest BCUT2D eigenvalue weighted by Gasteiger charge is -2.19. The van der Waals surface area contributed by atoms with Crippen molar-refractivity contribution >= 4 is 29.1 Å². The van der Waals surface area contributed by atoms with Gasteiger partial charge in [-0.1, -0.05) is 60.1 Å². The molecule has 0 bridgehead atoms. The molecule has 0 fully saturated rings. The highest BCUT2D eigenvalue weighted by molar-refractivity contribution is 6.30. The maximum atomic E-state index is 13.1. The number of halogens is 1. The molecule has 0 heterocycles. The van der Waals surface area contributed by atoms with Gasteiger partial charge in [0.1, 0.15) is 17.5 Å². The number of benzene rings is 4. The normalized spacial score (nSPS) is 11.4. The first-order valence-corrected chi connectivity index (χ1v) is 11.8. The Morgan fingerprint density at radius 3 is 2.03 bits per heavy atom. The molecule has 4 rings (SSSR count). The highest BCUT2D eigenvalue weighted by atomic mass is 35.5. The lowest BCUT2D eigenvalue weighted by Crippen LogP contribution is -2.46. The first-order chi connectivity index (χ1) is 17.6. The van der Waals surface area contributed by atoms with Crippen molar-refractivity contribution in [2.45, 2.75) is 12.6 Å². The largest absolute Gasteiger partial charge is 0.457 e. The molecule has 6 nitrogen and oxygen atoms in total. The second kappa shape index (κ2) is 12.5. The molecular formula is C29H25ClN2O4. The fourth-order valence-electron chi connectivity index (χ4n) is 3.35. The van der Waals surface area contributed by atoms with E-state index >= 15 is 0 Å². The fraction of sp³-hybridized carbons (Fsp3) is 0.103. The van der Waals surface area contributed by atoms with Crippen LogP contribution in [-0.2, 0) is 16.1 Å². The molecule has 1 atom stereocenters. The maximum Gasteiger partial charge on any atom is 0.251 e. The Balaban J connectivity index is 1.40. The van der Waals surface area contributed by atoms with E-state index < -0.39 is 17.9 Å². The van der Waals surface area contributed by atoms with Crippen LogP contribution in [0, 0.1) is 0 Å². The van der Waals surface area contributed by atoms with E-state index in [-0.39, 0.29) is 6.61 Å². The molecule has 2 N–H and O–H groups in total. The van der Waals surface area contributed by atoms with Gasteiger partial charge in [-0.05, 0) is 66.2 Å². The van der Waals surface area contributed by atoms with Gasteiger partial charge in [0, 0.05) is 16.3 Å². The number of anilines is 1. The Labute approximate surface area is 214 Å². The van der Waals surface area contributed by atoms with Gasteiger partial charge in [0.05, 0.1) is 13.2 Å². The van der Waals surface area contributed by atoms with Gasteiger partial charge < -0.3 is 20.1 Å². The molecular weight excluding hydrogens is 476 g/mol. The molecule has 4 aromatic rings. The third kappa shape index (κ3) is 7.43. The second-order valence-electron chi connectivity index (χ2n) is 7.96. The summed E-state index contributed by atoms with van der Waals surface area (Å²) >= 11 is 5.92. The Hall–Kier alpha value is -4.13. The highest BCUT2D eigenvalue weighted by Crippen LogP contribution is 2.22. The number of amides is 2. The zero-order valence-electron chi connectivity index (χ0n) is 19.4. The standard InChI is InChI=1S/C29H25ClN2O4/c30-23-13-11-22(12-14-23)28(33)32-27(20-35-19-21-7-3-1-4-8-21)29(34)31-24-15-17-26(18-16-24)36-25-9-5-2-6-10-25/h1-18,27H,19-20H2,(H,31,34)(H,32,33). The van der Waals surface area contributed by atoms with E-state index in [1.165, 1.54) is 0 Å². The summed E-state index contributed by atoms with van der Waals surface area (Å²) in [5.74, 6) is 0.552. The van der Waals surface area contributed by atoms with Crippen LogP contribution in [0.15, 0.2) is 109 Å². The molecule has 182 valence electrons. The summed E-state index contributed by atoms with van der Waals surface area (Å²) < 4.78 is 11.6. The van der Waals surface area contributed by atoms with Gasteiger partial charge in [-0.15, -0.1) is 0 Å². The summed E-state index contributed by atoms with van der Waals surface area (Å²) in [6, 6.07) is 31.5. The van der Waals surface area contributed by atoms with Crippen LogP contribution in [0.5, 0.6) is 11.5 Å². The van der Waals surface area contributed by atoms with E-state index in [0.29, 0.717) is 28.6 Å². The molecule has 2 amide bonds. The summed E-state index contributed by atoms with van der Waals surface area (Å²) in [4.78, 5) is 25.9. The average Bonchev–Trinajstić information content (AvgIpc) is 2.91. The van der Waals surface area contributed by atoms with Crippen LogP contribution in [0.25, 0.3) is 0 Å². The third-order valence-electron chi connectivity index (χ3n) is 5.23. The van der Waals surface area contributed by atoms with Gasteiger partial charge in [0.25, 0.3) is 5.91 Å². The van der Waals surface area contributed by atoms with Crippen molar-refractivity contribution in [2.24, 2.45) is 0 Å². The van der Waals surface area contributed by atoms with E-state index in [1.54, 1.807) is 48.5 Å². The van der Waals surface area contributed by atoms with Crippen LogP contribution in [0.3, 0.4) is 0 Å². The van der Waals surface area contributed by atoms with Crippen LogP contribution >= 0.6 is 11.6 Å². The predicted molar refractivity (Wildman–Crippen MR) is 140 cm³/mol. The van der Waals surface area contributed by atoms with Crippen LogP contribution in [-0.4, -0.2) is 24.5 Å². The quantitative estimate of drug-likeness (QED) is 0.276. The molecule has 1 unspecified atom stereocenters. The predicted octanol–water partition coefficient (Wildman–Crippen LogP) is 6.09. The van der Waals surface area contributed by atoms with Crippen LogP contribution in [0.1, 0.15) is 15.9 Å². The number of nitrogens with one attached hydrogen (secondary N) is 2. The minimum Gasteiger partial charge on any atom is -0.457 e. The fourth-order valence-corrected chi connectivity index (χ4v) is 3.48. The van der Waals surface area contributed by atoms with Gasteiger partial charge in [-0.2, -0.15) is 0 Å². The number of carbonyl (C=O) groups excluding carboxylic acids is 2. The molecule has 0 aliphatic heterocycles. The number of hydrogen-bond acceptors (Lipinski definition) is 4. The molecule has 4 aromatic carbocycles. The summed E-state index contributed by atoms with van der Waals surface area (Å²) in [6.07, 6.45) is 0. The minimum atomic E-state index is -0.919. The first-order valence-electron chi connectivity index (χ1n) is 11.4. The molecule has 7 heteroatoms. The number of ether oxygens (including phenoxy) is 2. The van der Waals surface area contributed by atoms with E-state index in [1.807, 2.05) is 60.7 Å². The van der Waals surface area contributed by atoms with Crippen LogP contribution in [0.4, 0.5) is 5.69 Å². The van der Waals surface area contributed by atoms with Crippen LogP contribution in [0.2, 0.25) is 5.02 Å². The number of carbonyl (C=O) groups is 2. The number of rotatable bonds is 10. The zero-order chi connectivity index (χ0) is 25.2. The lowest BCUT2D eigenvalue weighted by molar-refractivity contribution is -0.119. The van der Waals surface area contributed by atoms with E-state index in [2.05, 4.69) is 10.6 Å². The number of para-hydroxylation sites is 1. The van der Waals surface area contributed by atoms with Gasteiger partial charge in [-0.25, -0.2) is 0 Å². The second-order valence-corrected chi connectivity index (χ2v) is 8.40. The maximum absolute atomic E-state index is 13.1. The average molecular weight is 501 g/mol. The molecule has 0 aliphatic carbocycles. The summed E-state index contributed by atoms with van der Waals surface area (Å²) in [5, 5.41) is 6.12. The smallest absolute Gasteiger partial charge is 0.251 e. The molecule has 0 aliphatic rings. The van der Waals surface area contributed by atoms with Crippen molar-refractivity contribution < 1.29 is 19.1 Å². The summed E-state index contributed by atoms with van der Waals surface area (Å²) in [6.45, 7) is 0.308. The van der Waals surface area contributed by atoms with E-state index in [9.17, 15) is 9.59 Å². The lowest BCUT2D eigenvalue weighted by atomic mass is 10.2. The Morgan fingerprint density at radius 2 is 1.36 bits per heavy atom. The molecule has 0 saturated carbocycles. The molecule has 36 heavy (non-hydrogen) atoms. The molecule has 0 spiro atoms.